The summed E-state index contributed by atoms with van der Waals surface area (Å²) >= 11 is 7.49. The molecule has 0 saturated carbocycles. The monoisotopic (exact) mass is 363 g/mol. The van der Waals surface area contributed by atoms with Gasteiger partial charge in [-0.3, -0.25) is 4.79 Å². The van der Waals surface area contributed by atoms with Crippen LogP contribution in [0.2, 0.25) is 5.02 Å². The molecule has 0 bridgehead atoms. The van der Waals surface area contributed by atoms with E-state index in [2.05, 4.69) is 5.32 Å². The van der Waals surface area contributed by atoms with Gasteiger partial charge >= 0.3 is 5.97 Å². The molecule has 0 aliphatic heterocycles. The summed E-state index contributed by atoms with van der Waals surface area (Å²) in [7, 11) is 0. The SMILES string of the molecule is C[C@@H](OC(=O)c1cc2c(s1)CCCC2)C(=O)Nc1ccccc1Cl. The molecule has 3 rings (SSSR count). The Morgan fingerprint density at radius 1 is 1.25 bits per heavy atom. The molecular formula is C18H18ClNO3S. The molecule has 6 heteroatoms. The quantitative estimate of drug-likeness (QED) is 0.815. The lowest BCUT2D eigenvalue weighted by Gasteiger charge is -2.13. The van der Waals surface area contributed by atoms with Gasteiger partial charge in [0.05, 0.1) is 10.7 Å². The van der Waals surface area contributed by atoms with Crippen molar-refractivity contribution in [1.29, 1.82) is 0 Å². The van der Waals surface area contributed by atoms with Crippen molar-refractivity contribution in [2.45, 2.75) is 38.7 Å². The molecule has 1 amide bonds. The van der Waals surface area contributed by atoms with Crippen LogP contribution in [0.3, 0.4) is 0 Å². The molecule has 0 saturated heterocycles. The fourth-order valence-electron chi connectivity index (χ4n) is 2.66. The van der Waals surface area contributed by atoms with E-state index in [0.717, 1.165) is 19.3 Å². The van der Waals surface area contributed by atoms with Crippen LogP contribution in [0.5, 0.6) is 0 Å². The third-order valence-corrected chi connectivity index (χ3v) is 5.53. The van der Waals surface area contributed by atoms with Gasteiger partial charge in [0.1, 0.15) is 4.88 Å². The van der Waals surface area contributed by atoms with Crippen molar-refractivity contribution in [2.24, 2.45) is 0 Å². The molecule has 1 N–H and O–H groups in total. The number of aryl methyl sites for hydroxylation is 2. The first-order valence-corrected chi connectivity index (χ1v) is 9.12. The smallest absolute Gasteiger partial charge is 0.349 e. The Morgan fingerprint density at radius 3 is 2.75 bits per heavy atom. The van der Waals surface area contributed by atoms with E-state index in [9.17, 15) is 9.59 Å². The number of hydrogen-bond donors (Lipinski definition) is 1. The molecular weight excluding hydrogens is 346 g/mol. The number of halogens is 1. The predicted octanol–water partition coefficient (Wildman–Crippen LogP) is 4.46. The number of amides is 1. The van der Waals surface area contributed by atoms with Crippen molar-refractivity contribution in [3.8, 4) is 0 Å². The topological polar surface area (TPSA) is 55.4 Å². The lowest BCUT2D eigenvalue weighted by molar-refractivity contribution is -0.123. The van der Waals surface area contributed by atoms with Gasteiger partial charge in [0.25, 0.3) is 5.91 Å². The number of hydrogen-bond acceptors (Lipinski definition) is 4. The Morgan fingerprint density at radius 2 is 2.00 bits per heavy atom. The van der Waals surface area contributed by atoms with E-state index in [1.54, 1.807) is 31.2 Å². The lowest BCUT2D eigenvalue weighted by atomic mass is 9.99. The summed E-state index contributed by atoms with van der Waals surface area (Å²) in [5.74, 6) is -0.853. The summed E-state index contributed by atoms with van der Waals surface area (Å²) < 4.78 is 5.30. The number of carbonyl (C=O) groups excluding carboxylic acids is 2. The molecule has 0 fully saturated rings. The molecule has 24 heavy (non-hydrogen) atoms. The minimum absolute atomic E-state index is 0.405. The third-order valence-electron chi connectivity index (χ3n) is 3.98. The van der Waals surface area contributed by atoms with E-state index in [1.165, 1.54) is 28.2 Å². The van der Waals surface area contributed by atoms with Crippen LogP contribution in [-0.2, 0) is 22.4 Å². The lowest BCUT2D eigenvalue weighted by Crippen LogP contribution is -2.29. The minimum Gasteiger partial charge on any atom is -0.448 e. The number of ether oxygens (including phenoxy) is 1. The fraction of sp³-hybridized carbons (Fsp3) is 0.333. The number of nitrogens with one attached hydrogen (secondary N) is 1. The van der Waals surface area contributed by atoms with Gasteiger partial charge < -0.3 is 10.1 Å². The molecule has 0 radical (unpaired) electrons. The van der Waals surface area contributed by atoms with Crippen LogP contribution in [0.25, 0.3) is 0 Å². The van der Waals surface area contributed by atoms with Crippen LogP contribution >= 0.6 is 22.9 Å². The number of esters is 1. The number of para-hydroxylation sites is 1. The number of benzene rings is 1. The van der Waals surface area contributed by atoms with Crippen LogP contribution in [0, 0.1) is 0 Å². The van der Waals surface area contributed by atoms with E-state index in [1.807, 2.05) is 6.07 Å². The molecule has 4 nitrogen and oxygen atoms in total. The summed E-state index contributed by atoms with van der Waals surface area (Å²) in [6.07, 6.45) is 3.47. The molecule has 1 aliphatic carbocycles. The number of anilines is 1. The van der Waals surface area contributed by atoms with Crippen molar-refractivity contribution >= 4 is 40.5 Å². The Bertz CT molecular complexity index is 748. The van der Waals surface area contributed by atoms with Crippen LogP contribution in [-0.4, -0.2) is 18.0 Å². The maximum atomic E-state index is 12.3. The van der Waals surface area contributed by atoms with Gasteiger partial charge in [-0.05, 0) is 56.4 Å². The summed E-state index contributed by atoms with van der Waals surface area (Å²) in [5, 5.41) is 3.11. The molecule has 1 atom stereocenters. The zero-order chi connectivity index (χ0) is 17.1. The van der Waals surface area contributed by atoms with E-state index >= 15 is 0 Å². The number of thiophene rings is 1. The van der Waals surface area contributed by atoms with Crippen LogP contribution in [0.4, 0.5) is 5.69 Å². The van der Waals surface area contributed by atoms with Gasteiger partial charge in [0, 0.05) is 4.88 Å². The van der Waals surface area contributed by atoms with Gasteiger partial charge in [-0.15, -0.1) is 11.3 Å². The zero-order valence-corrected chi connectivity index (χ0v) is 14.9. The highest BCUT2D eigenvalue weighted by molar-refractivity contribution is 7.14. The van der Waals surface area contributed by atoms with Gasteiger partial charge in [-0.2, -0.15) is 0 Å². The first-order valence-electron chi connectivity index (χ1n) is 7.92. The highest BCUT2D eigenvalue weighted by Crippen LogP contribution is 2.30. The minimum atomic E-state index is -0.895. The number of rotatable bonds is 4. The normalized spacial score (nSPS) is 14.6. The molecule has 1 aromatic heterocycles. The fourth-order valence-corrected chi connectivity index (χ4v) is 3.98. The van der Waals surface area contributed by atoms with E-state index in [-0.39, 0.29) is 0 Å². The van der Waals surface area contributed by atoms with Gasteiger partial charge in [-0.25, -0.2) is 4.79 Å². The molecule has 2 aromatic rings. The summed E-state index contributed by atoms with van der Waals surface area (Å²) in [4.78, 5) is 26.3. The van der Waals surface area contributed by atoms with Crippen molar-refractivity contribution in [2.75, 3.05) is 5.32 Å². The van der Waals surface area contributed by atoms with E-state index in [0.29, 0.717) is 15.6 Å². The van der Waals surface area contributed by atoms with E-state index < -0.39 is 18.0 Å². The van der Waals surface area contributed by atoms with Crippen molar-refractivity contribution in [3.05, 3.63) is 50.7 Å². The van der Waals surface area contributed by atoms with Gasteiger partial charge in [-0.1, -0.05) is 23.7 Å². The molecule has 1 aromatic carbocycles. The Hall–Kier alpha value is -1.85. The summed E-state index contributed by atoms with van der Waals surface area (Å²) in [6, 6.07) is 8.83. The summed E-state index contributed by atoms with van der Waals surface area (Å²) in [6.45, 7) is 1.55. The molecule has 0 spiro atoms. The molecule has 1 heterocycles. The second-order valence-electron chi connectivity index (χ2n) is 5.78. The largest absolute Gasteiger partial charge is 0.448 e. The van der Waals surface area contributed by atoms with Crippen molar-refractivity contribution in [1.82, 2.24) is 0 Å². The highest BCUT2D eigenvalue weighted by atomic mass is 35.5. The van der Waals surface area contributed by atoms with Crippen LogP contribution in [0.1, 0.15) is 39.9 Å². The Kier molecular flexibility index (Phi) is 5.21. The average Bonchev–Trinajstić information content (AvgIpc) is 3.01. The maximum absolute atomic E-state index is 12.3. The predicted molar refractivity (Wildman–Crippen MR) is 95.9 cm³/mol. The van der Waals surface area contributed by atoms with Crippen LogP contribution in [0.15, 0.2) is 30.3 Å². The third kappa shape index (κ3) is 3.79. The first-order chi connectivity index (χ1) is 11.5. The van der Waals surface area contributed by atoms with Crippen LogP contribution < -0.4 is 5.32 Å². The van der Waals surface area contributed by atoms with Gasteiger partial charge in [0.15, 0.2) is 6.10 Å². The second kappa shape index (κ2) is 7.36. The summed E-state index contributed by atoms with van der Waals surface area (Å²) in [5.41, 5.74) is 1.74. The maximum Gasteiger partial charge on any atom is 0.349 e. The van der Waals surface area contributed by atoms with Crippen molar-refractivity contribution in [3.63, 3.8) is 0 Å². The molecule has 0 unspecified atom stereocenters. The Labute approximate surface area is 149 Å². The van der Waals surface area contributed by atoms with Gasteiger partial charge in [0.2, 0.25) is 0 Å². The number of fused-ring (bicyclic) bond motifs is 1. The van der Waals surface area contributed by atoms with Crippen molar-refractivity contribution < 1.29 is 14.3 Å². The first kappa shape index (κ1) is 17.0. The molecule has 1 aliphatic rings. The Balaban J connectivity index is 1.62. The van der Waals surface area contributed by atoms with E-state index in [4.69, 9.17) is 16.3 Å². The average molecular weight is 364 g/mol. The second-order valence-corrected chi connectivity index (χ2v) is 7.33. The number of carbonyl (C=O) groups is 2. The standard InChI is InChI=1S/C18H18ClNO3S/c1-11(17(21)20-14-8-4-3-7-13(14)19)23-18(22)16-10-12-6-2-5-9-15(12)24-16/h3-4,7-8,10-11H,2,5-6,9H2,1H3,(H,20,21)/t11-/m1/s1. The highest BCUT2D eigenvalue weighted by Gasteiger charge is 2.23. The molecule has 126 valence electrons. The zero-order valence-electron chi connectivity index (χ0n) is 13.3.